The highest BCUT2D eigenvalue weighted by Crippen LogP contribution is 2.29. The maximum absolute atomic E-state index is 5.92. The second kappa shape index (κ2) is 9.26. The van der Waals surface area contributed by atoms with Crippen molar-refractivity contribution < 1.29 is 9.47 Å². The molecule has 2 rings (SSSR count). The van der Waals surface area contributed by atoms with Crippen molar-refractivity contribution in [1.82, 2.24) is 9.97 Å². The molecule has 1 heterocycles. The van der Waals surface area contributed by atoms with Gasteiger partial charge in [-0.1, -0.05) is 0 Å². The Balaban J connectivity index is 0.00000288. The van der Waals surface area contributed by atoms with Gasteiger partial charge < -0.3 is 20.5 Å². The number of aromatic nitrogens is 2. The van der Waals surface area contributed by atoms with Gasteiger partial charge in [0.2, 0.25) is 0 Å². The summed E-state index contributed by atoms with van der Waals surface area (Å²) in [4.78, 5) is 12.8. The summed E-state index contributed by atoms with van der Waals surface area (Å²) in [6, 6.07) is 7.31. The molecule has 8 heteroatoms. The van der Waals surface area contributed by atoms with Crippen molar-refractivity contribution in [3.05, 3.63) is 41.5 Å². The molecular weight excluding hydrogens is 421 g/mol. The highest BCUT2D eigenvalue weighted by atomic mass is 127. The van der Waals surface area contributed by atoms with Crippen molar-refractivity contribution in [2.75, 3.05) is 19.5 Å². The third kappa shape index (κ3) is 5.52. The number of aryl methyl sites for hydroxylation is 2. The van der Waals surface area contributed by atoms with E-state index >= 15 is 0 Å². The maximum Gasteiger partial charge on any atom is 0.193 e. The number of methoxy groups -OCH3 is 2. The Morgan fingerprint density at radius 1 is 1.12 bits per heavy atom. The van der Waals surface area contributed by atoms with E-state index in [1.807, 2.05) is 26.0 Å². The fourth-order valence-corrected chi connectivity index (χ4v) is 2.14. The molecular formula is C16H22IN5O2. The van der Waals surface area contributed by atoms with E-state index in [4.69, 9.17) is 15.2 Å². The monoisotopic (exact) mass is 443 g/mol. The molecule has 0 unspecified atom stereocenters. The van der Waals surface area contributed by atoms with E-state index in [0.717, 1.165) is 22.9 Å². The molecule has 0 aliphatic heterocycles. The van der Waals surface area contributed by atoms with Crippen LogP contribution in [-0.4, -0.2) is 30.1 Å². The Hall–Kier alpha value is -2.10. The molecule has 0 aliphatic carbocycles. The second-order valence-electron chi connectivity index (χ2n) is 4.94. The predicted molar refractivity (Wildman–Crippen MR) is 105 cm³/mol. The zero-order chi connectivity index (χ0) is 16.8. The van der Waals surface area contributed by atoms with Gasteiger partial charge in [0.1, 0.15) is 5.82 Å². The van der Waals surface area contributed by atoms with E-state index in [0.29, 0.717) is 24.0 Å². The summed E-state index contributed by atoms with van der Waals surface area (Å²) in [5, 5.41) is 3.02. The van der Waals surface area contributed by atoms with Gasteiger partial charge in [0.05, 0.1) is 26.5 Å². The van der Waals surface area contributed by atoms with Crippen LogP contribution in [-0.2, 0) is 6.54 Å². The summed E-state index contributed by atoms with van der Waals surface area (Å²) in [6.45, 7) is 4.16. The molecule has 130 valence electrons. The maximum atomic E-state index is 5.92. The molecule has 1 aromatic carbocycles. The molecule has 0 spiro atoms. The van der Waals surface area contributed by atoms with Gasteiger partial charge in [-0.25, -0.2) is 15.0 Å². The average Bonchev–Trinajstić information content (AvgIpc) is 2.52. The minimum absolute atomic E-state index is 0. The number of hydrogen-bond donors (Lipinski definition) is 2. The first kappa shape index (κ1) is 19.9. The Bertz CT molecular complexity index is 701. The van der Waals surface area contributed by atoms with Crippen molar-refractivity contribution >= 4 is 35.6 Å². The van der Waals surface area contributed by atoms with Gasteiger partial charge in [-0.05, 0) is 32.0 Å². The number of ether oxygens (including phenoxy) is 2. The van der Waals surface area contributed by atoms with E-state index in [1.54, 1.807) is 26.4 Å². The van der Waals surface area contributed by atoms with Crippen LogP contribution in [0.3, 0.4) is 0 Å². The summed E-state index contributed by atoms with van der Waals surface area (Å²) in [7, 11) is 3.17. The van der Waals surface area contributed by atoms with Crippen molar-refractivity contribution in [2.24, 2.45) is 10.7 Å². The quantitative estimate of drug-likeness (QED) is 0.419. The van der Waals surface area contributed by atoms with Crippen molar-refractivity contribution in [3.63, 3.8) is 0 Å². The number of aliphatic imine (C=N–C) groups is 1. The molecule has 0 atom stereocenters. The lowest BCUT2D eigenvalue weighted by atomic mass is 10.3. The van der Waals surface area contributed by atoms with Crippen LogP contribution in [0.1, 0.15) is 17.2 Å². The second-order valence-corrected chi connectivity index (χ2v) is 4.94. The van der Waals surface area contributed by atoms with E-state index in [2.05, 4.69) is 20.3 Å². The van der Waals surface area contributed by atoms with E-state index in [-0.39, 0.29) is 24.0 Å². The Labute approximate surface area is 158 Å². The highest BCUT2D eigenvalue weighted by Gasteiger charge is 2.05. The Kier molecular flexibility index (Phi) is 7.69. The van der Waals surface area contributed by atoms with Crippen LogP contribution in [0.5, 0.6) is 11.5 Å². The van der Waals surface area contributed by atoms with Crippen LogP contribution in [0.25, 0.3) is 0 Å². The molecule has 0 saturated carbocycles. The average molecular weight is 443 g/mol. The minimum atomic E-state index is 0. The van der Waals surface area contributed by atoms with Crippen LogP contribution >= 0.6 is 24.0 Å². The standard InChI is InChI=1S/C16H21N5O2.HI/c1-10-7-13(20-11(2)19-10)9-18-16(17)21-12-5-6-14(22-3)15(8-12)23-4;/h5-8H,9H2,1-4H3,(H3,17,18,21);1H. The van der Waals surface area contributed by atoms with E-state index in [1.165, 1.54) is 0 Å². The molecule has 0 saturated heterocycles. The number of halogens is 1. The number of guanidine groups is 1. The van der Waals surface area contributed by atoms with Crippen LogP contribution in [0.2, 0.25) is 0 Å². The Morgan fingerprint density at radius 3 is 2.46 bits per heavy atom. The SMILES string of the molecule is COc1ccc(NC(N)=NCc2cc(C)nc(C)n2)cc1OC.I. The van der Waals surface area contributed by atoms with Gasteiger partial charge >= 0.3 is 0 Å². The third-order valence-corrected chi connectivity index (χ3v) is 3.09. The fraction of sp³-hybridized carbons (Fsp3) is 0.312. The number of nitrogens with one attached hydrogen (secondary N) is 1. The van der Waals surface area contributed by atoms with Crippen LogP contribution in [0.4, 0.5) is 5.69 Å². The smallest absolute Gasteiger partial charge is 0.193 e. The van der Waals surface area contributed by atoms with Gasteiger partial charge in [-0.15, -0.1) is 24.0 Å². The van der Waals surface area contributed by atoms with E-state index < -0.39 is 0 Å². The van der Waals surface area contributed by atoms with Gasteiger partial charge in [0, 0.05) is 17.4 Å². The number of benzene rings is 1. The van der Waals surface area contributed by atoms with Crippen molar-refractivity contribution in [1.29, 1.82) is 0 Å². The molecule has 0 bridgehead atoms. The summed E-state index contributed by atoms with van der Waals surface area (Å²) >= 11 is 0. The number of rotatable bonds is 5. The molecule has 0 fully saturated rings. The van der Waals surface area contributed by atoms with Gasteiger partial charge in [-0.3, -0.25) is 0 Å². The summed E-state index contributed by atoms with van der Waals surface area (Å²) in [5.74, 6) is 2.29. The van der Waals surface area contributed by atoms with Crippen molar-refractivity contribution in [3.8, 4) is 11.5 Å². The molecule has 7 nitrogen and oxygen atoms in total. The lowest BCUT2D eigenvalue weighted by Gasteiger charge is -2.11. The molecule has 2 aromatic rings. The molecule has 1 aromatic heterocycles. The largest absolute Gasteiger partial charge is 0.493 e. The fourth-order valence-electron chi connectivity index (χ4n) is 2.14. The first-order chi connectivity index (χ1) is 11.0. The van der Waals surface area contributed by atoms with Gasteiger partial charge in [0.15, 0.2) is 17.5 Å². The minimum Gasteiger partial charge on any atom is -0.493 e. The first-order valence-electron chi connectivity index (χ1n) is 7.12. The van der Waals surface area contributed by atoms with E-state index in [9.17, 15) is 0 Å². The lowest BCUT2D eigenvalue weighted by molar-refractivity contribution is 0.355. The molecule has 24 heavy (non-hydrogen) atoms. The third-order valence-electron chi connectivity index (χ3n) is 3.09. The molecule has 0 amide bonds. The lowest BCUT2D eigenvalue weighted by Crippen LogP contribution is -2.22. The molecule has 0 aliphatic rings. The number of nitrogens with two attached hydrogens (primary N) is 1. The molecule has 0 radical (unpaired) electrons. The molecule has 3 N–H and O–H groups in total. The predicted octanol–water partition coefficient (Wildman–Crippen LogP) is 2.66. The van der Waals surface area contributed by atoms with Crippen molar-refractivity contribution in [2.45, 2.75) is 20.4 Å². The zero-order valence-corrected chi connectivity index (χ0v) is 16.5. The highest BCUT2D eigenvalue weighted by molar-refractivity contribution is 14.0. The number of hydrogen-bond acceptors (Lipinski definition) is 5. The van der Waals surface area contributed by atoms with Gasteiger partial charge in [0.25, 0.3) is 0 Å². The summed E-state index contributed by atoms with van der Waals surface area (Å²) in [5.41, 5.74) is 8.42. The number of anilines is 1. The van der Waals surface area contributed by atoms with Crippen LogP contribution < -0.4 is 20.5 Å². The topological polar surface area (TPSA) is 94.7 Å². The zero-order valence-electron chi connectivity index (χ0n) is 14.2. The van der Waals surface area contributed by atoms with Crippen LogP contribution in [0, 0.1) is 13.8 Å². The normalized spacial score (nSPS) is 10.8. The first-order valence-corrected chi connectivity index (χ1v) is 7.12. The summed E-state index contributed by atoms with van der Waals surface area (Å²) in [6.07, 6.45) is 0. The van der Waals surface area contributed by atoms with Gasteiger partial charge in [-0.2, -0.15) is 0 Å². The van der Waals surface area contributed by atoms with Crippen LogP contribution in [0.15, 0.2) is 29.3 Å². The number of nitrogens with zero attached hydrogens (tertiary/aromatic N) is 3. The summed E-state index contributed by atoms with van der Waals surface area (Å²) < 4.78 is 10.4. The Morgan fingerprint density at radius 2 is 1.83 bits per heavy atom.